The number of halogens is 1. The molecule has 0 saturated carbocycles. The van der Waals surface area contributed by atoms with Crippen LogP contribution in [-0.4, -0.2) is 33.2 Å². The number of benzene rings is 2. The van der Waals surface area contributed by atoms with Crippen LogP contribution in [0.3, 0.4) is 0 Å². The lowest BCUT2D eigenvalue weighted by Gasteiger charge is -2.20. The molecule has 6 nitrogen and oxygen atoms in total. The van der Waals surface area contributed by atoms with Crippen LogP contribution < -0.4 is 14.4 Å². The van der Waals surface area contributed by atoms with Gasteiger partial charge in [0.25, 0.3) is 5.91 Å². The van der Waals surface area contributed by atoms with Gasteiger partial charge in [0.2, 0.25) is 10.0 Å². The zero-order valence-corrected chi connectivity index (χ0v) is 16.0. The van der Waals surface area contributed by atoms with Crippen LogP contribution in [0.2, 0.25) is 5.02 Å². The average Bonchev–Trinajstić information content (AvgIpc) is 2.77. The Morgan fingerprint density at radius 3 is 2.69 bits per heavy atom. The second kappa shape index (κ2) is 7.17. The number of rotatable bonds is 3. The Kier molecular flexibility index (Phi) is 5.11. The molecule has 1 aliphatic rings. The molecule has 0 fully saturated rings. The van der Waals surface area contributed by atoms with Crippen molar-refractivity contribution in [3.8, 4) is 5.75 Å². The van der Waals surface area contributed by atoms with E-state index in [2.05, 4.69) is 5.32 Å². The van der Waals surface area contributed by atoms with E-state index in [9.17, 15) is 13.2 Å². The Hall–Kier alpha value is -2.25. The average molecular weight is 395 g/mol. The third-order valence-electron chi connectivity index (χ3n) is 4.13. The summed E-state index contributed by atoms with van der Waals surface area (Å²) in [5, 5.41) is 3.33. The smallest absolute Gasteiger partial charge is 0.265 e. The van der Waals surface area contributed by atoms with Gasteiger partial charge in [0, 0.05) is 23.7 Å². The van der Waals surface area contributed by atoms with E-state index in [0.29, 0.717) is 22.1 Å². The number of nitrogens with one attached hydrogen (secondary N) is 1. The minimum Gasteiger partial charge on any atom is -0.478 e. The molecule has 1 atom stereocenters. The Labute approximate surface area is 157 Å². The Morgan fingerprint density at radius 1 is 1.27 bits per heavy atom. The van der Waals surface area contributed by atoms with Crippen LogP contribution >= 0.6 is 11.6 Å². The second-order valence-corrected chi connectivity index (χ2v) is 8.47. The predicted octanol–water partition coefficient (Wildman–Crippen LogP) is 3.20. The molecule has 1 heterocycles. The van der Waals surface area contributed by atoms with Crippen molar-refractivity contribution < 1.29 is 17.9 Å². The van der Waals surface area contributed by atoms with Crippen molar-refractivity contribution in [3.63, 3.8) is 0 Å². The molecule has 2 aromatic carbocycles. The number of amides is 1. The van der Waals surface area contributed by atoms with Crippen LogP contribution in [-0.2, 0) is 14.8 Å². The quantitative estimate of drug-likeness (QED) is 0.867. The van der Waals surface area contributed by atoms with Gasteiger partial charge in [-0.05, 0) is 36.8 Å². The number of carbonyl (C=O) groups excluding carboxylic acids is 1. The number of fused-ring (bicyclic) bond motifs is 1. The SMILES string of the molecule is Cc1ccc(NC(=O)[C@@H]2CCN(S(C)(=O)=O)c3ccccc3O2)cc1Cl. The van der Waals surface area contributed by atoms with E-state index in [1.165, 1.54) is 4.31 Å². The lowest BCUT2D eigenvalue weighted by molar-refractivity contribution is -0.122. The van der Waals surface area contributed by atoms with Gasteiger partial charge in [-0.25, -0.2) is 8.42 Å². The van der Waals surface area contributed by atoms with Gasteiger partial charge in [0.1, 0.15) is 5.75 Å². The summed E-state index contributed by atoms with van der Waals surface area (Å²) in [7, 11) is -3.48. The van der Waals surface area contributed by atoms with E-state index < -0.39 is 16.1 Å². The van der Waals surface area contributed by atoms with Gasteiger partial charge in [-0.1, -0.05) is 29.8 Å². The van der Waals surface area contributed by atoms with E-state index in [4.69, 9.17) is 16.3 Å². The van der Waals surface area contributed by atoms with Gasteiger partial charge in [-0.15, -0.1) is 0 Å². The molecule has 1 aliphatic heterocycles. The minimum atomic E-state index is -3.48. The van der Waals surface area contributed by atoms with Crippen LogP contribution in [0.15, 0.2) is 42.5 Å². The molecule has 2 aromatic rings. The summed E-state index contributed by atoms with van der Waals surface area (Å²) in [6.45, 7) is 2.03. The zero-order valence-electron chi connectivity index (χ0n) is 14.4. The number of hydrogen-bond donors (Lipinski definition) is 1. The number of aryl methyl sites for hydroxylation is 1. The molecule has 0 saturated heterocycles. The Balaban J connectivity index is 1.84. The van der Waals surface area contributed by atoms with Crippen LogP contribution in [0.5, 0.6) is 5.75 Å². The largest absolute Gasteiger partial charge is 0.478 e. The normalized spacial score (nSPS) is 17.0. The lowest BCUT2D eigenvalue weighted by Crippen LogP contribution is -2.35. The standard InChI is InChI=1S/C18H19ClN2O4S/c1-12-7-8-13(11-14(12)19)20-18(22)17-9-10-21(26(2,23)24)15-5-3-4-6-16(15)25-17/h3-8,11,17H,9-10H2,1-2H3,(H,20,22)/t17-/m0/s1. The molecule has 1 amide bonds. The molecular formula is C18H19ClN2O4S. The number of carbonyl (C=O) groups is 1. The summed E-state index contributed by atoms with van der Waals surface area (Å²) in [6.07, 6.45) is 0.550. The molecule has 0 spiro atoms. The summed E-state index contributed by atoms with van der Waals surface area (Å²) in [6, 6.07) is 12.0. The third kappa shape index (κ3) is 3.94. The highest BCUT2D eigenvalue weighted by atomic mass is 35.5. The Bertz CT molecular complexity index is 946. The van der Waals surface area contributed by atoms with Gasteiger partial charge in [0.05, 0.1) is 11.9 Å². The lowest BCUT2D eigenvalue weighted by atomic mass is 10.2. The molecule has 0 bridgehead atoms. The summed E-state index contributed by atoms with van der Waals surface area (Å²) in [5.41, 5.74) is 1.91. The van der Waals surface area contributed by atoms with E-state index in [1.807, 2.05) is 13.0 Å². The van der Waals surface area contributed by atoms with Gasteiger partial charge in [-0.2, -0.15) is 0 Å². The maximum Gasteiger partial charge on any atom is 0.265 e. The summed E-state index contributed by atoms with van der Waals surface area (Å²) >= 11 is 6.09. The van der Waals surface area contributed by atoms with Crippen molar-refractivity contribution in [1.29, 1.82) is 0 Å². The van der Waals surface area contributed by atoms with Gasteiger partial charge in [-0.3, -0.25) is 9.10 Å². The molecular weight excluding hydrogens is 376 g/mol. The number of ether oxygens (including phenoxy) is 1. The molecule has 0 aromatic heterocycles. The van der Waals surface area contributed by atoms with Gasteiger partial charge >= 0.3 is 0 Å². The first kappa shape index (κ1) is 18.5. The predicted molar refractivity (Wildman–Crippen MR) is 102 cm³/mol. The maximum absolute atomic E-state index is 12.6. The van der Waals surface area contributed by atoms with E-state index in [0.717, 1.165) is 11.8 Å². The van der Waals surface area contributed by atoms with Crippen LogP contribution in [0, 0.1) is 6.92 Å². The van der Waals surface area contributed by atoms with Gasteiger partial charge < -0.3 is 10.1 Å². The summed E-state index contributed by atoms with van der Waals surface area (Å²) in [5.74, 6) is 0.00703. The fraction of sp³-hybridized carbons (Fsp3) is 0.278. The van der Waals surface area contributed by atoms with Gasteiger partial charge in [0.15, 0.2) is 6.10 Å². The molecule has 26 heavy (non-hydrogen) atoms. The summed E-state index contributed by atoms with van der Waals surface area (Å²) < 4.78 is 31.3. The number of nitrogens with zero attached hydrogens (tertiary/aromatic N) is 1. The number of para-hydroxylation sites is 2. The molecule has 8 heteroatoms. The minimum absolute atomic E-state index is 0.155. The van der Waals surface area contributed by atoms with Crippen LogP contribution in [0.1, 0.15) is 12.0 Å². The molecule has 1 N–H and O–H groups in total. The zero-order chi connectivity index (χ0) is 18.9. The van der Waals surface area contributed by atoms with Crippen LogP contribution in [0.25, 0.3) is 0 Å². The van der Waals surface area contributed by atoms with Crippen molar-refractivity contribution in [1.82, 2.24) is 0 Å². The van der Waals surface area contributed by atoms with Crippen molar-refractivity contribution in [3.05, 3.63) is 53.1 Å². The first-order chi connectivity index (χ1) is 12.3. The number of hydrogen-bond acceptors (Lipinski definition) is 4. The molecule has 3 rings (SSSR count). The second-order valence-electron chi connectivity index (χ2n) is 6.15. The van der Waals surface area contributed by atoms with E-state index in [1.54, 1.807) is 36.4 Å². The van der Waals surface area contributed by atoms with Crippen molar-refractivity contribution in [2.24, 2.45) is 0 Å². The maximum atomic E-state index is 12.6. The fourth-order valence-electron chi connectivity index (χ4n) is 2.75. The monoisotopic (exact) mass is 394 g/mol. The number of sulfonamides is 1. The third-order valence-corrected chi connectivity index (χ3v) is 5.72. The molecule has 0 aliphatic carbocycles. The molecule has 0 unspecified atom stereocenters. The number of anilines is 2. The molecule has 138 valence electrons. The van der Waals surface area contributed by atoms with E-state index in [-0.39, 0.29) is 18.9 Å². The van der Waals surface area contributed by atoms with Crippen LogP contribution in [0.4, 0.5) is 11.4 Å². The first-order valence-electron chi connectivity index (χ1n) is 8.06. The van der Waals surface area contributed by atoms with E-state index >= 15 is 0 Å². The highest BCUT2D eigenvalue weighted by molar-refractivity contribution is 7.92. The molecule has 0 radical (unpaired) electrons. The first-order valence-corrected chi connectivity index (χ1v) is 10.3. The van der Waals surface area contributed by atoms with Crippen molar-refractivity contribution in [2.45, 2.75) is 19.4 Å². The topological polar surface area (TPSA) is 75.7 Å². The summed E-state index contributed by atoms with van der Waals surface area (Å²) in [4.78, 5) is 12.6. The van der Waals surface area contributed by atoms with Crippen molar-refractivity contribution >= 4 is 38.9 Å². The Morgan fingerprint density at radius 2 is 2.00 bits per heavy atom. The highest BCUT2D eigenvalue weighted by Crippen LogP contribution is 2.34. The highest BCUT2D eigenvalue weighted by Gasteiger charge is 2.31. The van der Waals surface area contributed by atoms with Crippen molar-refractivity contribution in [2.75, 3.05) is 22.4 Å². The fourth-order valence-corrected chi connectivity index (χ4v) is 3.88.